The third-order valence-corrected chi connectivity index (χ3v) is 3.35. The van der Waals surface area contributed by atoms with E-state index in [1.54, 1.807) is 18.2 Å². The van der Waals surface area contributed by atoms with Gasteiger partial charge in [-0.1, -0.05) is 18.2 Å². The van der Waals surface area contributed by atoms with Crippen LogP contribution in [0.4, 0.5) is 4.39 Å². The summed E-state index contributed by atoms with van der Waals surface area (Å²) in [5.41, 5.74) is 2.45. The van der Waals surface area contributed by atoms with Crippen LogP contribution in [0.15, 0.2) is 42.5 Å². The fourth-order valence-corrected chi connectivity index (χ4v) is 1.98. The number of ether oxygens (including phenoxy) is 1. The predicted octanol–water partition coefficient (Wildman–Crippen LogP) is 3.56. The van der Waals surface area contributed by atoms with Crippen LogP contribution in [0, 0.1) is 17.1 Å². The van der Waals surface area contributed by atoms with Crippen molar-refractivity contribution in [3.8, 4) is 11.8 Å². The molecule has 2 aromatic rings. The van der Waals surface area contributed by atoms with Gasteiger partial charge < -0.3 is 10.1 Å². The Balaban J connectivity index is 2.15. The van der Waals surface area contributed by atoms with Crippen LogP contribution in [0.1, 0.15) is 29.7 Å². The van der Waals surface area contributed by atoms with Crippen LogP contribution >= 0.6 is 0 Å². The van der Waals surface area contributed by atoms with E-state index in [0.29, 0.717) is 17.9 Å². The van der Waals surface area contributed by atoms with E-state index >= 15 is 0 Å². The molecule has 4 heteroatoms. The van der Waals surface area contributed by atoms with Gasteiger partial charge in [0.2, 0.25) is 0 Å². The molecule has 2 rings (SSSR count). The Labute approximate surface area is 124 Å². The first-order valence-electron chi connectivity index (χ1n) is 6.72. The van der Waals surface area contributed by atoms with E-state index in [0.717, 1.165) is 11.1 Å². The standard InChI is InChI=1S/C17H17FN2O/c1-12(20-2)16-8-7-15(18)9-17(16)21-11-14-5-3-13(10-19)4-6-14/h3-9,12,20H,11H2,1-2H3. The van der Waals surface area contributed by atoms with E-state index < -0.39 is 0 Å². The van der Waals surface area contributed by atoms with Crippen LogP contribution in [-0.2, 0) is 6.61 Å². The third kappa shape index (κ3) is 3.80. The molecule has 0 saturated carbocycles. The van der Waals surface area contributed by atoms with E-state index in [-0.39, 0.29) is 11.9 Å². The summed E-state index contributed by atoms with van der Waals surface area (Å²) in [6.07, 6.45) is 0. The number of benzene rings is 2. The molecule has 0 aliphatic heterocycles. The molecule has 0 heterocycles. The van der Waals surface area contributed by atoms with Crippen molar-refractivity contribution in [3.05, 3.63) is 65.0 Å². The van der Waals surface area contributed by atoms with Gasteiger partial charge in [-0.25, -0.2) is 4.39 Å². The van der Waals surface area contributed by atoms with Gasteiger partial charge >= 0.3 is 0 Å². The number of nitrogens with zero attached hydrogens (tertiary/aromatic N) is 1. The van der Waals surface area contributed by atoms with Gasteiger partial charge in [0.25, 0.3) is 0 Å². The molecular formula is C17H17FN2O. The zero-order valence-electron chi connectivity index (χ0n) is 12.1. The van der Waals surface area contributed by atoms with Gasteiger partial charge in [-0.2, -0.15) is 5.26 Å². The molecule has 0 fully saturated rings. The molecule has 0 aromatic heterocycles. The van der Waals surface area contributed by atoms with Crippen LogP contribution in [0.5, 0.6) is 5.75 Å². The monoisotopic (exact) mass is 284 g/mol. The maximum atomic E-state index is 13.4. The van der Waals surface area contributed by atoms with Gasteiger partial charge in [0.1, 0.15) is 18.2 Å². The van der Waals surface area contributed by atoms with Crippen LogP contribution in [0.2, 0.25) is 0 Å². The molecule has 0 spiro atoms. The van der Waals surface area contributed by atoms with Crippen LogP contribution in [0.3, 0.4) is 0 Å². The van der Waals surface area contributed by atoms with E-state index in [1.807, 2.05) is 26.1 Å². The van der Waals surface area contributed by atoms with Gasteiger partial charge in [-0.15, -0.1) is 0 Å². The minimum atomic E-state index is -0.322. The highest BCUT2D eigenvalue weighted by Crippen LogP contribution is 2.26. The third-order valence-electron chi connectivity index (χ3n) is 3.35. The zero-order chi connectivity index (χ0) is 15.2. The summed E-state index contributed by atoms with van der Waals surface area (Å²) in [4.78, 5) is 0. The summed E-state index contributed by atoms with van der Waals surface area (Å²) in [5.74, 6) is 0.207. The molecule has 108 valence electrons. The largest absolute Gasteiger partial charge is 0.488 e. The molecular weight excluding hydrogens is 267 g/mol. The smallest absolute Gasteiger partial charge is 0.127 e. The summed E-state index contributed by atoms with van der Waals surface area (Å²) >= 11 is 0. The second-order valence-electron chi connectivity index (χ2n) is 4.79. The SMILES string of the molecule is CNC(C)c1ccc(F)cc1OCc1ccc(C#N)cc1. The molecule has 0 aliphatic rings. The Hall–Kier alpha value is -2.38. The van der Waals surface area contributed by atoms with Gasteiger partial charge in [0, 0.05) is 17.7 Å². The molecule has 3 nitrogen and oxygen atoms in total. The quantitative estimate of drug-likeness (QED) is 0.913. The lowest BCUT2D eigenvalue weighted by Crippen LogP contribution is -2.14. The average Bonchev–Trinajstić information content (AvgIpc) is 2.52. The minimum absolute atomic E-state index is 0.0709. The molecule has 0 radical (unpaired) electrons. The molecule has 2 aromatic carbocycles. The highest BCUT2D eigenvalue weighted by molar-refractivity contribution is 5.37. The summed E-state index contributed by atoms with van der Waals surface area (Å²) < 4.78 is 19.1. The number of hydrogen-bond acceptors (Lipinski definition) is 3. The zero-order valence-corrected chi connectivity index (χ0v) is 12.1. The van der Waals surface area contributed by atoms with E-state index in [2.05, 4.69) is 11.4 Å². The lowest BCUT2D eigenvalue weighted by Gasteiger charge is -2.16. The van der Waals surface area contributed by atoms with Crippen molar-refractivity contribution in [1.82, 2.24) is 5.32 Å². The van der Waals surface area contributed by atoms with E-state index in [9.17, 15) is 4.39 Å². The maximum Gasteiger partial charge on any atom is 0.127 e. The van der Waals surface area contributed by atoms with Gasteiger partial charge in [-0.05, 0) is 37.7 Å². The highest BCUT2D eigenvalue weighted by Gasteiger charge is 2.11. The molecule has 1 N–H and O–H groups in total. The predicted molar refractivity (Wildman–Crippen MR) is 79.4 cm³/mol. The second kappa shape index (κ2) is 6.87. The Kier molecular flexibility index (Phi) is 4.91. The Morgan fingerprint density at radius 2 is 1.95 bits per heavy atom. The Morgan fingerprint density at radius 3 is 2.57 bits per heavy atom. The fourth-order valence-electron chi connectivity index (χ4n) is 1.98. The Morgan fingerprint density at radius 1 is 1.24 bits per heavy atom. The first kappa shape index (κ1) is 15.0. The summed E-state index contributed by atoms with van der Waals surface area (Å²) in [6, 6.07) is 13.8. The second-order valence-corrected chi connectivity index (χ2v) is 4.79. The van der Waals surface area contributed by atoms with Crippen molar-refractivity contribution in [2.75, 3.05) is 7.05 Å². The Bertz CT molecular complexity index is 647. The lowest BCUT2D eigenvalue weighted by atomic mass is 10.1. The van der Waals surface area contributed by atoms with E-state index in [4.69, 9.17) is 10.00 Å². The fraction of sp³-hybridized carbons (Fsp3) is 0.235. The van der Waals surface area contributed by atoms with Crippen LogP contribution in [0.25, 0.3) is 0 Å². The first-order valence-corrected chi connectivity index (χ1v) is 6.72. The average molecular weight is 284 g/mol. The van der Waals surface area contributed by atoms with Gasteiger partial charge in [0.05, 0.1) is 11.6 Å². The number of hydrogen-bond donors (Lipinski definition) is 1. The maximum absolute atomic E-state index is 13.4. The summed E-state index contributed by atoms with van der Waals surface area (Å²) in [6.45, 7) is 2.32. The van der Waals surface area contributed by atoms with Crippen molar-refractivity contribution >= 4 is 0 Å². The molecule has 1 atom stereocenters. The highest BCUT2D eigenvalue weighted by atomic mass is 19.1. The summed E-state index contributed by atoms with van der Waals surface area (Å²) in [7, 11) is 1.85. The van der Waals surface area contributed by atoms with Crippen molar-refractivity contribution in [2.45, 2.75) is 19.6 Å². The number of nitriles is 1. The van der Waals surface area contributed by atoms with E-state index in [1.165, 1.54) is 12.1 Å². The van der Waals surface area contributed by atoms with Crippen molar-refractivity contribution in [3.63, 3.8) is 0 Å². The van der Waals surface area contributed by atoms with Crippen LogP contribution < -0.4 is 10.1 Å². The molecule has 0 amide bonds. The van der Waals surface area contributed by atoms with Crippen molar-refractivity contribution < 1.29 is 9.13 Å². The lowest BCUT2D eigenvalue weighted by molar-refractivity contribution is 0.298. The van der Waals surface area contributed by atoms with Gasteiger partial charge in [-0.3, -0.25) is 0 Å². The molecule has 21 heavy (non-hydrogen) atoms. The number of nitrogens with one attached hydrogen (secondary N) is 1. The minimum Gasteiger partial charge on any atom is -0.488 e. The molecule has 0 bridgehead atoms. The number of halogens is 1. The van der Waals surface area contributed by atoms with Crippen molar-refractivity contribution in [1.29, 1.82) is 5.26 Å². The molecule has 0 aliphatic carbocycles. The molecule has 1 unspecified atom stereocenters. The number of rotatable bonds is 5. The topological polar surface area (TPSA) is 45.0 Å². The normalized spacial score (nSPS) is 11.7. The van der Waals surface area contributed by atoms with Crippen molar-refractivity contribution in [2.24, 2.45) is 0 Å². The first-order chi connectivity index (χ1) is 10.1. The molecule has 0 saturated heterocycles. The summed E-state index contributed by atoms with van der Waals surface area (Å²) in [5, 5.41) is 11.9. The van der Waals surface area contributed by atoms with Crippen LogP contribution in [-0.4, -0.2) is 7.05 Å². The van der Waals surface area contributed by atoms with Gasteiger partial charge in [0.15, 0.2) is 0 Å².